The molecule has 8 heteroatoms. The van der Waals surface area contributed by atoms with Gasteiger partial charge in [-0.15, -0.1) is 0 Å². The number of hydrogen-bond donors (Lipinski definition) is 1. The Kier molecular flexibility index (Phi) is 8.35. The van der Waals surface area contributed by atoms with Gasteiger partial charge in [0, 0.05) is 28.8 Å². The van der Waals surface area contributed by atoms with Crippen LogP contribution in [0, 0.1) is 0 Å². The number of benzene rings is 3. The number of rotatable bonds is 5. The zero-order valence-corrected chi connectivity index (χ0v) is 25.2. The molecule has 0 unspecified atom stereocenters. The van der Waals surface area contributed by atoms with Crippen LogP contribution in [0.2, 0.25) is 10.0 Å². The minimum absolute atomic E-state index is 0.159. The van der Waals surface area contributed by atoms with Gasteiger partial charge in [0.15, 0.2) is 0 Å². The fourth-order valence-electron chi connectivity index (χ4n) is 5.38. The maximum Gasteiger partial charge on any atom is 0.410 e. The number of fused-ring (bicyclic) bond motifs is 1. The number of allylic oxidation sites excluding steroid dienone is 1. The number of ether oxygens (including phenoxy) is 2. The molecule has 0 radical (unpaired) electrons. The number of esters is 1. The first-order valence-corrected chi connectivity index (χ1v) is 14.5. The number of carbonyl (C=O) groups is 2. The second-order valence-corrected chi connectivity index (χ2v) is 12.3. The normalized spacial score (nSPS) is 15.5. The van der Waals surface area contributed by atoms with Crippen LogP contribution < -0.4 is 5.32 Å². The van der Waals surface area contributed by atoms with E-state index in [0.29, 0.717) is 28.7 Å². The molecule has 0 saturated carbocycles. The molecule has 0 aromatic heterocycles. The Morgan fingerprint density at radius 1 is 0.927 bits per heavy atom. The molecule has 1 amide bonds. The molecule has 0 bridgehead atoms. The van der Waals surface area contributed by atoms with E-state index in [1.54, 1.807) is 11.0 Å². The van der Waals surface area contributed by atoms with E-state index in [1.807, 2.05) is 51.1 Å². The highest BCUT2D eigenvalue weighted by atomic mass is 35.5. The summed E-state index contributed by atoms with van der Waals surface area (Å²) in [5.74, 6) is -0.347. The summed E-state index contributed by atoms with van der Waals surface area (Å²) in [5.41, 5.74) is 7.42. The molecular formula is C33H34Cl2N2O4. The molecule has 1 heterocycles. The molecule has 2 aliphatic rings. The number of hydrogen-bond acceptors (Lipinski definition) is 5. The van der Waals surface area contributed by atoms with Gasteiger partial charge in [-0.05, 0) is 110 Å². The largest absolute Gasteiger partial charge is 0.465 e. The Hall–Kier alpha value is -3.48. The van der Waals surface area contributed by atoms with Crippen LogP contribution in [0.3, 0.4) is 0 Å². The summed E-state index contributed by atoms with van der Waals surface area (Å²) in [5, 5.41) is 4.72. The minimum atomic E-state index is -0.507. The van der Waals surface area contributed by atoms with Crippen molar-refractivity contribution in [3.8, 4) is 0 Å². The highest BCUT2D eigenvalue weighted by molar-refractivity contribution is 6.36. The molecule has 214 valence electrons. The van der Waals surface area contributed by atoms with Crippen molar-refractivity contribution in [1.29, 1.82) is 0 Å². The zero-order valence-electron chi connectivity index (χ0n) is 23.7. The predicted molar refractivity (Wildman–Crippen MR) is 165 cm³/mol. The van der Waals surface area contributed by atoms with Gasteiger partial charge in [0.2, 0.25) is 0 Å². The molecule has 1 aliphatic heterocycles. The lowest BCUT2D eigenvalue weighted by Crippen LogP contribution is -2.57. The van der Waals surface area contributed by atoms with E-state index in [4.69, 9.17) is 32.7 Å². The van der Waals surface area contributed by atoms with Crippen molar-refractivity contribution in [2.45, 2.75) is 51.7 Å². The van der Waals surface area contributed by atoms with Crippen LogP contribution in [0.5, 0.6) is 0 Å². The quantitative estimate of drug-likeness (QED) is 0.303. The lowest BCUT2D eigenvalue weighted by molar-refractivity contribution is 0.0105. The summed E-state index contributed by atoms with van der Waals surface area (Å²) >= 11 is 13.0. The molecule has 41 heavy (non-hydrogen) atoms. The van der Waals surface area contributed by atoms with Gasteiger partial charge in [-0.2, -0.15) is 0 Å². The van der Waals surface area contributed by atoms with Crippen LogP contribution in [0.4, 0.5) is 10.5 Å². The molecular weight excluding hydrogens is 559 g/mol. The average molecular weight is 594 g/mol. The van der Waals surface area contributed by atoms with E-state index in [0.717, 1.165) is 58.3 Å². The highest BCUT2D eigenvalue weighted by Crippen LogP contribution is 2.42. The Morgan fingerprint density at radius 3 is 2.29 bits per heavy atom. The first-order chi connectivity index (χ1) is 19.5. The summed E-state index contributed by atoms with van der Waals surface area (Å²) in [6.45, 7) is 6.80. The van der Waals surface area contributed by atoms with Gasteiger partial charge >= 0.3 is 12.1 Å². The fraction of sp³-hybridized carbons (Fsp3) is 0.333. The third-order valence-electron chi connectivity index (χ3n) is 7.30. The SMILES string of the molecule is COC(=O)c1ccc2c(c1)CCCC(c1ccc(Cl)cc1Cl)=C2c1ccc(NC2CN(C(=O)OC(C)(C)C)C2)cc1. The van der Waals surface area contributed by atoms with E-state index in [1.165, 1.54) is 7.11 Å². The van der Waals surface area contributed by atoms with E-state index < -0.39 is 5.60 Å². The van der Waals surface area contributed by atoms with Crippen molar-refractivity contribution in [3.05, 3.63) is 98.5 Å². The maximum absolute atomic E-state index is 12.3. The van der Waals surface area contributed by atoms with Gasteiger partial charge < -0.3 is 19.7 Å². The van der Waals surface area contributed by atoms with Gasteiger partial charge in [0.1, 0.15) is 5.60 Å². The number of halogens is 2. The van der Waals surface area contributed by atoms with E-state index >= 15 is 0 Å². The Bertz CT molecular complexity index is 1500. The van der Waals surface area contributed by atoms with Crippen molar-refractivity contribution in [2.24, 2.45) is 0 Å². The second-order valence-electron chi connectivity index (χ2n) is 11.5. The molecule has 5 rings (SSSR count). The molecule has 1 fully saturated rings. The van der Waals surface area contributed by atoms with Gasteiger partial charge in [0.25, 0.3) is 0 Å². The number of nitrogens with zero attached hydrogens (tertiary/aromatic N) is 1. The number of anilines is 1. The molecule has 1 N–H and O–H groups in total. The summed E-state index contributed by atoms with van der Waals surface area (Å²) in [6.07, 6.45) is 2.27. The molecule has 0 spiro atoms. The lowest BCUT2D eigenvalue weighted by atomic mass is 9.87. The number of carbonyl (C=O) groups excluding carboxylic acids is 2. The van der Waals surface area contributed by atoms with E-state index in [9.17, 15) is 9.59 Å². The van der Waals surface area contributed by atoms with Crippen LogP contribution in [-0.4, -0.2) is 48.8 Å². The second kappa shape index (κ2) is 11.8. The van der Waals surface area contributed by atoms with Crippen molar-refractivity contribution >= 4 is 52.1 Å². The van der Waals surface area contributed by atoms with Crippen molar-refractivity contribution in [2.75, 3.05) is 25.5 Å². The smallest absolute Gasteiger partial charge is 0.410 e. The Balaban J connectivity index is 1.45. The number of nitrogens with one attached hydrogen (secondary N) is 1. The van der Waals surface area contributed by atoms with E-state index in [2.05, 4.69) is 29.6 Å². The van der Waals surface area contributed by atoms with Gasteiger partial charge in [-0.25, -0.2) is 9.59 Å². The first-order valence-electron chi connectivity index (χ1n) is 13.8. The Labute approximate surface area is 251 Å². The molecule has 3 aromatic rings. The topological polar surface area (TPSA) is 67.9 Å². The predicted octanol–water partition coefficient (Wildman–Crippen LogP) is 8.11. The third kappa shape index (κ3) is 6.55. The number of methoxy groups -OCH3 is 1. The molecule has 1 saturated heterocycles. The van der Waals surface area contributed by atoms with Crippen LogP contribution >= 0.6 is 23.2 Å². The van der Waals surface area contributed by atoms with Crippen LogP contribution in [0.15, 0.2) is 60.7 Å². The minimum Gasteiger partial charge on any atom is -0.465 e. The van der Waals surface area contributed by atoms with E-state index in [-0.39, 0.29) is 18.1 Å². The summed E-state index contributed by atoms with van der Waals surface area (Å²) in [7, 11) is 1.40. The molecule has 0 atom stereocenters. The summed E-state index contributed by atoms with van der Waals surface area (Å²) in [6, 6.07) is 19.9. The molecule has 1 aliphatic carbocycles. The zero-order chi connectivity index (χ0) is 29.3. The van der Waals surface area contributed by atoms with Crippen LogP contribution in [0.1, 0.15) is 66.2 Å². The van der Waals surface area contributed by atoms with Crippen molar-refractivity contribution in [3.63, 3.8) is 0 Å². The van der Waals surface area contributed by atoms with Crippen LogP contribution in [0.25, 0.3) is 11.1 Å². The van der Waals surface area contributed by atoms with Crippen LogP contribution in [-0.2, 0) is 15.9 Å². The van der Waals surface area contributed by atoms with Crippen molar-refractivity contribution in [1.82, 2.24) is 4.90 Å². The standard InChI is InChI=1S/C33H34Cl2N2O4/c1-33(2,3)41-32(39)37-18-25(19-37)36-24-12-8-20(9-13-24)30-26-14-10-22(31(38)40-4)16-21(26)6-5-7-28(30)27-15-11-23(34)17-29(27)35/h8-17,25,36H,5-7,18-19H2,1-4H3. The fourth-order valence-corrected chi connectivity index (χ4v) is 5.90. The first kappa shape index (κ1) is 29.0. The number of likely N-dealkylation sites (tertiary alicyclic amines) is 1. The molecule has 6 nitrogen and oxygen atoms in total. The lowest BCUT2D eigenvalue weighted by Gasteiger charge is -2.40. The third-order valence-corrected chi connectivity index (χ3v) is 7.85. The molecule has 3 aromatic carbocycles. The number of aryl methyl sites for hydroxylation is 1. The summed E-state index contributed by atoms with van der Waals surface area (Å²) < 4.78 is 10.4. The highest BCUT2D eigenvalue weighted by Gasteiger charge is 2.33. The van der Waals surface area contributed by atoms with Gasteiger partial charge in [-0.3, -0.25) is 0 Å². The number of amides is 1. The van der Waals surface area contributed by atoms with Gasteiger partial charge in [0.05, 0.1) is 18.7 Å². The monoisotopic (exact) mass is 592 g/mol. The van der Waals surface area contributed by atoms with Crippen molar-refractivity contribution < 1.29 is 19.1 Å². The van der Waals surface area contributed by atoms with Gasteiger partial charge in [-0.1, -0.05) is 47.5 Å². The maximum atomic E-state index is 12.3. The average Bonchev–Trinajstić information content (AvgIpc) is 3.08. The Morgan fingerprint density at radius 2 is 1.63 bits per heavy atom. The summed E-state index contributed by atoms with van der Waals surface area (Å²) in [4.78, 5) is 26.3.